The highest BCUT2D eigenvalue weighted by molar-refractivity contribution is 9.10. The average molecular weight is 353 g/mol. The van der Waals surface area contributed by atoms with Gasteiger partial charge in [0.2, 0.25) is 0 Å². The van der Waals surface area contributed by atoms with Gasteiger partial charge in [0.1, 0.15) is 5.75 Å². The SMILES string of the molecule is Cc1cc(OC(=O)N2CCN3CCC2CC3)cc(C)c1Br. The third kappa shape index (κ3) is 3.09. The van der Waals surface area contributed by atoms with Crippen LogP contribution in [0, 0.1) is 13.8 Å². The van der Waals surface area contributed by atoms with E-state index in [1.165, 1.54) is 0 Å². The molecular weight excluding hydrogens is 332 g/mol. The maximum atomic E-state index is 12.5. The minimum absolute atomic E-state index is 0.204. The molecule has 3 aliphatic rings. The molecule has 3 fully saturated rings. The Morgan fingerprint density at radius 3 is 2.38 bits per heavy atom. The zero-order valence-corrected chi connectivity index (χ0v) is 14.1. The molecule has 0 unspecified atom stereocenters. The Bertz CT molecular complexity index is 530. The van der Waals surface area contributed by atoms with Crippen molar-refractivity contribution in [3.05, 3.63) is 27.7 Å². The van der Waals surface area contributed by atoms with Crippen molar-refractivity contribution in [1.29, 1.82) is 0 Å². The Morgan fingerprint density at radius 2 is 1.76 bits per heavy atom. The molecule has 0 saturated carbocycles. The van der Waals surface area contributed by atoms with Gasteiger partial charge in [-0.25, -0.2) is 4.79 Å². The zero-order chi connectivity index (χ0) is 15.0. The number of benzene rings is 1. The first-order valence-electron chi connectivity index (χ1n) is 7.52. The number of aryl methyl sites for hydroxylation is 2. The molecular formula is C16H21BrN2O2. The summed E-state index contributed by atoms with van der Waals surface area (Å²) in [6.07, 6.45) is 1.92. The predicted octanol–water partition coefficient (Wildman–Crippen LogP) is 3.34. The lowest BCUT2D eigenvalue weighted by Crippen LogP contribution is -2.43. The number of nitrogens with zero attached hydrogens (tertiary/aromatic N) is 2. The van der Waals surface area contributed by atoms with Gasteiger partial charge in [-0.2, -0.15) is 0 Å². The third-order valence-corrected chi connectivity index (χ3v) is 5.76. The molecule has 0 atom stereocenters. The minimum atomic E-state index is -0.204. The molecule has 0 N–H and O–H groups in total. The second-order valence-corrected chi connectivity index (χ2v) is 6.80. The lowest BCUT2D eigenvalue weighted by molar-refractivity contribution is 0.131. The van der Waals surface area contributed by atoms with Gasteiger partial charge in [0, 0.05) is 36.7 Å². The molecule has 3 aliphatic heterocycles. The van der Waals surface area contributed by atoms with Crippen molar-refractivity contribution < 1.29 is 9.53 Å². The molecule has 1 aromatic rings. The van der Waals surface area contributed by atoms with Crippen molar-refractivity contribution in [2.24, 2.45) is 0 Å². The third-order valence-electron chi connectivity index (χ3n) is 4.50. The Kier molecular flexibility index (Phi) is 4.22. The van der Waals surface area contributed by atoms with Gasteiger partial charge in [0.25, 0.3) is 0 Å². The number of ether oxygens (including phenoxy) is 1. The van der Waals surface area contributed by atoms with Gasteiger partial charge in [-0.3, -0.25) is 0 Å². The van der Waals surface area contributed by atoms with Crippen LogP contribution in [0.5, 0.6) is 5.75 Å². The number of hydrogen-bond donors (Lipinski definition) is 0. The van der Waals surface area contributed by atoms with E-state index in [2.05, 4.69) is 20.8 Å². The first-order chi connectivity index (χ1) is 10.0. The van der Waals surface area contributed by atoms with Crippen LogP contribution in [0.3, 0.4) is 0 Å². The fourth-order valence-electron chi connectivity index (χ4n) is 3.25. The summed E-state index contributed by atoms with van der Waals surface area (Å²) in [5.74, 6) is 0.636. The van der Waals surface area contributed by atoms with Crippen molar-refractivity contribution >= 4 is 22.0 Å². The van der Waals surface area contributed by atoms with Gasteiger partial charge in [-0.15, -0.1) is 0 Å². The van der Waals surface area contributed by atoms with Crippen molar-refractivity contribution in [1.82, 2.24) is 9.80 Å². The lowest BCUT2D eigenvalue weighted by Gasteiger charge is -2.30. The molecule has 4 rings (SSSR count). The largest absolute Gasteiger partial charge is 0.415 e. The monoisotopic (exact) mass is 352 g/mol. The molecule has 1 aromatic carbocycles. The molecule has 0 aliphatic carbocycles. The number of carbonyl (C=O) groups is 1. The van der Waals surface area contributed by atoms with Crippen LogP contribution in [0.15, 0.2) is 16.6 Å². The van der Waals surface area contributed by atoms with E-state index in [4.69, 9.17) is 4.74 Å². The summed E-state index contributed by atoms with van der Waals surface area (Å²) in [5, 5.41) is 0. The lowest BCUT2D eigenvalue weighted by atomic mass is 10.1. The number of rotatable bonds is 1. The van der Waals surface area contributed by atoms with Crippen LogP contribution < -0.4 is 4.74 Å². The molecule has 1 amide bonds. The number of halogens is 1. The van der Waals surface area contributed by atoms with E-state index in [1.54, 1.807) is 0 Å². The average Bonchev–Trinajstić information content (AvgIpc) is 2.78. The second kappa shape index (κ2) is 5.97. The van der Waals surface area contributed by atoms with Gasteiger partial charge >= 0.3 is 6.09 Å². The van der Waals surface area contributed by atoms with E-state index >= 15 is 0 Å². The highest BCUT2D eigenvalue weighted by atomic mass is 79.9. The molecule has 3 heterocycles. The number of piperidine rings is 1. The molecule has 0 aromatic heterocycles. The molecule has 21 heavy (non-hydrogen) atoms. The van der Waals surface area contributed by atoms with Gasteiger partial charge in [-0.05, 0) is 49.9 Å². The van der Waals surface area contributed by atoms with Crippen molar-refractivity contribution in [3.8, 4) is 5.75 Å². The first-order valence-corrected chi connectivity index (χ1v) is 8.31. The Labute approximate surface area is 134 Å². The number of hydrogen-bond acceptors (Lipinski definition) is 3. The van der Waals surface area contributed by atoms with Crippen LogP contribution >= 0.6 is 15.9 Å². The standard InChI is InChI=1S/C16H21BrN2O2/c1-11-9-14(10-12(2)15(11)17)21-16(20)19-8-7-18-5-3-13(19)4-6-18/h9-10,13H,3-8H2,1-2H3. The van der Waals surface area contributed by atoms with E-state index in [0.717, 1.165) is 54.6 Å². The number of amides is 1. The predicted molar refractivity (Wildman–Crippen MR) is 85.8 cm³/mol. The van der Waals surface area contributed by atoms with Crippen molar-refractivity contribution in [2.45, 2.75) is 32.7 Å². The van der Waals surface area contributed by atoms with Crippen LogP contribution in [0.1, 0.15) is 24.0 Å². The minimum Gasteiger partial charge on any atom is -0.410 e. The maximum Gasteiger partial charge on any atom is 0.415 e. The molecule has 0 radical (unpaired) electrons. The summed E-state index contributed by atoms with van der Waals surface area (Å²) < 4.78 is 6.70. The van der Waals surface area contributed by atoms with Crippen LogP contribution in [-0.2, 0) is 0 Å². The van der Waals surface area contributed by atoms with Gasteiger partial charge < -0.3 is 14.5 Å². The van der Waals surface area contributed by atoms with E-state index in [-0.39, 0.29) is 6.09 Å². The zero-order valence-electron chi connectivity index (χ0n) is 12.6. The summed E-state index contributed by atoms with van der Waals surface area (Å²) >= 11 is 3.54. The number of carbonyl (C=O) groups excluding carboxylic acids is 1. The summed E-state index contributed by atoms with van der Waals surface area (Å²) in [5.41, 5.74) is 2.17. The first kappa shape index (κ1) is 14.9. The van der Waals surface area contributed by atoms with Crippen molar-refractivity contribution in [2.75, 3.05) is 26.2 Å². The fraction of sp³-hybridized carbons (Fsp3) is 0.562. The molecule has 114 valence electrons. The highest BCUT2D eigenvalue weighted by Crippen LogP contribution is 2.27. The van der Waals surface area contributed by atoms with E-state index < -0.39 is 0 Å². The second-order valence-electron chi connectivity index (χ2n) is 6.01. The highest BCUT2D eigenvalue weighted by Gasteiger charge is 2.32. The summed E-state index contributed by atoms with van der Waals surface area (Å²) in [4.78, 5) is 16.8. The fourth-order valence-corrected chi connectivity index (χ4v) is 3.48. The van der Waals surface area contributed by atoms with E-state index in [1.807, 2.05) is 30.9 Å². The van der Waals surface area contributed by atoms with Crippen LogP contribution in [-0.4, -0.2) is 48.1 Å². The Hall–Kier alpha value is -1.07. The van der Waals surface area contributed by atoms with Crippen molar-refractivity contribution in [3.63, 3.8) is 0 Å². The topological polar surface area (TPSA) is 32.8 Å². The van der Waals surface area contributed by atoms with Crippen LogP contribution in [0.4, 0.5) is 4.79 Å². The molecule has 0 spiro atoms. The molecule has 2 bridgehead atoms. The molecule has 5 heteroatoms. The smallest absolute Gasteiger partial charge is 0.410 e. The van der Waals surface area contributed by atoms with Crippen LogP contribution in [0.25, 0.3) is 0 Å². The van der Waals surface area contributed by atoms with Gasteiger partial charge in [-0.1, -0.05) is 15.9 Å². The van der Waals surface area contributed by atoms with Gasteiger partial charge in [0.05, 0.1) is 0 Å². The Morgan fingerprint density at radius 1 is 1.14 bits per heavy atom. The normalized spacial score (nSPS) is 24.8. The van der Waals surface area contributed by atoms with E-state index in [9.17, 15) is 4.79 Å². The van der Waals surface area contributed by atoms with Crippen LogP contribution in [0.2, 0.25) is 0 Å². The maximum absolute atomic E-state index is 12.5. The quantitative estimate of drug-likeness (QED) is 0.776. The van der Waals surface area contributed by atoms with Gasteiger partial charge in [0.15, 0.2) is 0 Å². The summed E-state index contributed by atoms with van der Waals surface area (Å²) in [6.45, 7) is 7.96. The van der Waals surface area contributed by atoms with E-state index in [0.29, 0.717) is 11.8 Å². The Balaban J connectivity index is 1.74. The summed E-state index contributed by atoms with van der Waals surface area (Å²) in [7, 11) is 0. The molecule has 3 saturated heterocycles. The number of fused-ring (bicyclic) bond motifs is 4. The summed E-state index contributed by atoms with van der Waals surface area (Å²) in [6, 6.07) is 4.16. The molecule has 4 nitrogen and oxygen atoms in total.